The lowest BCUT2D eigenvalue weighted by atomic mass is 9.96. The Bertz CT molecular complexity index is 1000. The minimum Gasteiger partial charge on any atom is -0.342 e. The molecular formula is C19H22N6OS. The van der Waals surface area contributed by atoms with Crippen molar-refractivity contribution in [2.24, 2.45) is 0 Å². The lowest BCUT2D eigenvalue weighted by Gasteiger charge is -2.31. The van der Waals surface area contributed by atoms with Gasteiger partial charge in [0.05, 0.1) is 17.1 Å². The average Bonchev–Trinajstić information content (AvgIpc) is 3.39. The maximum atomic E-state index is 12.6. The molecule has 3 aromatic rings. The average molecular weight is 382 g/mol. The molecule has 0 unspecified atom stereocenters. The number of hydrogen-bond acceptors (Lipinski definition) is 6. The van der Waals surface area contributed by atoms with E-state index in [0.717, 1.165) is 60.1 Å². The number of piperidine rings is 1. The van der Waals surface area contributed by atoms with Gasteiger partial charge in [-0.3, -0.25) is 4.79 Å². The summed E-state index contributed by atoms with van der Waals surface area (Å²) in [5.74, 6) is 1.45. The van der Waals surface area contributed by atoms with Crippen LogP contribution >= 0.6 is 11.3 Å². The van der Waals surface area contributed by atoms with Crippen molar-refractivity contribution in [3.05, 3.63) is 39.2 Å². The van der Waals surface area contributed by atoms with Crippen LogP contribution in [0.4, 0.5) is 0 Å². The van der Waals surface area contributed by atoms with Crippen molar-refractivity contribution in [2.45, 2.75) is 51.4 Å². The van der Waals surface area contributed by atoms with Crippen molar-refractivity contribution >= 4 is 22.9 Å². The lowest BCUT2D eigenvalue weighted by Crippen LogP contribution is -2.39. The monoisotopic (exact) mass is 382 g/mol. The van der Waals surface area contributed by atoms with E-state index in [0.29, 0.717) is 12.3 Å². The summed E-state index contributed by atoms with van der Waals surface area (Å²) in [7, 11) is 0. The molecule has 1 aliphatic heterocycles. The number of aromatic nitrogens is 5. The van der Waals surface area contributed by atoms with Gasteiger partial charge in [0.25, 0.3) is 0 Å². The molecule has 0 bridgehead atoms. The smallest absolute Gasteiger partial charge is 0.227 e. The Balaban J connectivity index is 1.28. The normalized spacial score (nSPS) is 17.6. The Hall–Kier alpha value is -2.35. The molecule has 0 spiro atoms. The lowest BCUT2D eigenvalue weighted by molar-refractivity contribution is -0.131. The van der Waals surface area contributed by atoms with Crippen molar-refractivity contribution in [3.63, 3.8) is 0 Å². The van der Waals surface area contributed by atoms with Crippen LogP contribution in [0.5, 0.6) is 0 Å². The standard InChI is InChI=1S/C19H22N6OS/c1-12-20-11-15(27-12)10-18(26)24-7-5-13(6-8-24)19-22-21-17-9-14-3-2-4-16(14)23-25(17)19/h9,11,13H,2-8,10H2,1H3. The van der Waals surface area contributed by atoms with E-state index in [1.54, 1.807) is 11.3 Å². The van der Waals surface area contributed by atoms with Gasteiger partial charge in [-0.05, 0) is 50.7 Å². The molecule has 7 nitrogen and oxygen atoms in total. The summed E-state index contributed by atoms with van der Waals surface area (Å²) in [5, 5.41) is 14.6. The Labute approximate surface area is 161 Å². The molecule has 1 amide bonds. The zero-order valence-electron chi connectivity index (χ0n) is 15.4. The Morgan fingerprint density at radius 3 is 2.89 bits per heavy atom. The first-order valence-corrected chi connectivity index (χ1v) is 10.4. The van der Waals surface area contributed by atoms with E-state index in [9.17, 15) is 4.79 Å². The molecule has 0 atom stereocenters. The molecule has 8 heteroatoms. The fourth-order valence-corrected chi connectivity index (χ4v) is 4.97. The quantitative estimate of drug-likeness (QED) is 0.695. The minimum absolute atomic E-state index is 0.194. The molecule has 0 N–H and O–H groups in total. The number of carbonyl (C=O) groups excluding carboxylic acids is 1. The van der Waals surface area contributed by atoms with Crippen LogP contribution in [0.15, 0.2) is 12.3 Å². The van der Waals surface area contributed by atoms with E-state index in [-0.39, 0.29) is 5.91 Å². The molecule has 27 heavy (non-hydrogen) atoms. The molecule has 1 fully saturated rings. The molecule has 1 aliphatic carbocycles. The van der Waals surface area contributed by atoms with Gasteiger partial charge in [0, 0.05) is 30.1 Å². The second-order valence-electron chi connectivity index (χ2n) is 7.48. The van der Waals surface area contributed by atoms with Gasteiger partial charge in [-0.25, -0.2) is 4.98 Å². The molecule has 140 valence electrons. The van der Waals surface area contributed by atoms with Crippen molar-refractivity contribution in [3.8, 4) is 0 Å². The van der Waals surface area contributed by atoms with Gasteiger partial charge in [-0.15, -0.1) is 21.5 Å². The van der Waals surface area contributed by atoms with Crippen LogP contribution in [0.3, 0.4) is 0 Å². The molecule has 0 radical (unpaired) electrons. The minimum atomic E-state index is 0.194. The molecule has 2 aliphatic rings. The second-order valence-corrected chi connectivity index (χ2v) is 8.79. The van der Waals surface area contributed by atoms with Crippen molar-refractivity contribution in [2.75, 3.05) is 13.1 Å². The molecule has 1 saturated heterocycles. The van der Waals surface area contributed by atoms with Crippen molar-refractivity contribution < 1.29 is 4.79 Å². The first-order chi connectivity index (χ1) is 13.2. The van der Waals surface area contributed by atoms with E-state index < -0.39 is 0 Å². The number of nitrogens with zero attached hydrogens (tertiary/aromatic N) is 6. The summed E-state index contributed by atoms with van der Waals surface area (Å²) in [4.78, 5) is 19.8. The summed E-state index contributed by atoms with van der Waals surface area (Å²) in [5.41, 5.74) is 3.36. The van der Waals surface area contributed by atoms with Crippen LogP contribution in [-0.2, 0) is 24.1 Å². The fourth-order valence-electron chi connectivity index (χ4n) is 4.18. The third kappa shape index (κ3) is 3.12. The Kier molecular flexibility index (Phi) is 4.15. The van der Waals surface area contributed by atoms with Gasteiger partial charge in [-0.1, -0.05) is 0 Å². The highest BCUT2D eigenvalue weighted by molar-refractivity contribution is 7.11. The van der Waals surface area contributed by atoms with Gasteiger partial charge in [-0.2, -0.15) is 9.61 Å². The first kappa shape index (κ1) is 16.8. The number of likely N-dealkylation sites (tertiary alicyclic amines) is 1. The van der Waals surface area contributed by atoms with Gasteiger partial charge in [0.1, 0.15) is 0 Å². The number of carbonyl (C=O) groups is 1. The van der Waals surface area contributed by atoms with Crippen LogP contribution in [0.25, 0.3) is 5.65 Å². The topological polar surface area (TPSA) is 76.3 Å². The van der Waals surface area contributed by atoms with E-state index in [4.69, 9.17) is 5.10 Å². The zero-order valence-corrected chi connectivity index (χ0v) is 16.2. The summed E-state index contributed by atoms with van der Waals surface area (Å²) in [6.45, 7) is 3.50. The Morgan fingerprint density at radius 1 is 1.26 bits per heavy atom. The van der Waals surface area contributed by atoms with E-state index in [2.05, 4.69) is 21.2 Å². The van der Waals surface area contributed by atoms with Crippen molar-refractivity contribution in [1.82, 2.24) is 29.7 Å². The maximum absolute atomic E-state index is 12.6. The van der Waals surface area contributed by atoms with Crippen LogP contribution in [0.1, 0.15) is 52.1 Å². The van der Waals surface area contributed by atoms with Crippen LogP contribution < -0.4 is 0 Å². The van der Waals surface area contributed by atoms with Crippen LogP contribution in [0, 0.1) is 6.92 Å². The number of aryl methyl sites for hydroxylation is 3. The highest BCUT2D eigenvalue weighted by Gasteiger charge is 2.28. The van der Waals surface area contributed by atoms with Crippen LogP contribution in [0.2, 0.25) is 0 Å². The summed E-state index contributed by atoms with van der Waals surface area (Å²) in [6.07, 6.45) is 7.42. The molecule has 0 aromatic carbocycles. The summed E-state index contributed by atoms with van der Waals surface area (Å²) in [6, 6.07) is 2.14. The first-order valence-electron chi connectivity index (χ1n) is 9.60. The largest absolute Gasteiger partial charge is 0.342 e. The molecule has 0 saturated carbocycles. The predicted octanol–water partition coefficient (Wildman–Crippen LogP) is 2.33. The van der Waals surface area contributed by atoms with Crippen molar-refractivity contribution in [1.29, 1.82) is 0 Å². The van der Waals surface area contributed by atoms with E-state index >= 15 is 0 Å². The number of amides is 1. The highest BCUT2D eigenvalue weighted by atomic mass is 32.1. The molecule has 5 rings (SSSR count). The van der Waals surface area contributed by atoms with Gasteiger partial charge >= 0.3 is 0 Å². The summed E-state index contributed by atoms with van der Waals surface area (Å²) >= 11 is 1.60. The number of rotatable bonds is 3. The molecule has 4 heterocycles. The third-order valence-electron chi connectivity index (χ3n) is 5.65. The van der Waals surface area contributed by atoms with Gasteiger partial charge in [0.15, 0.2) is 11.5 Å². The SMILES string of the molecule is Cc1ncc(CC(=O)N2CCC(c3nnc4cc5c(nn34)CCC5)CC2)s1. The molecular weight excluding hydrogens is 360 g/mol. The fraction of sp³-hybridized carbons (Fsp3) is 0.526. The number of hydrogen-bond donors (Lipinski definition) is 0. The number of fused-ring (bicyclic) bond motifs is 2. The van der Waals surface area contributed by atoms with E-state index in [1.165, 1.54) is 17.7 Å². The third-order valence-corrected chi connectivity index (χ3v) is 6.56. The number of thiazole rings is 1. The van der Waals surface area contributed by atoms with E-state index in [1.807, 2.05) is 22.5 Å². The molecule has 3 aromatic heterocycles. The van der Waals surface area contributed by atoms with Crippen LogP contribution in [-0.4, -0.2) is 48.7 Å². The zero-order chi connectivity index (χ0) is 18.4. The summed E-state index contributed by atoms with van der Waals surface area (Å²) < 4.78 is 1.94. The van der Waals surface area contributed by atoms with Gasteiger partial charge in [0.2, 0.25) is 5.91 Å². The predicted molar refractivity (Wildman–Crippen MR) is 102 cm³/mol. The highest BCUT2D eigenvalue weighted by Crippen LogP contribution is 2.29. The maximum Gasteiger partial charge on any atom is 0.227 e. The van der Waals surface area contributed by atoms with Gasteiger partial charge < -0.3 is 4.90 Å². The second kappa shape index (κ2) is 6.67. The Morgan fingerprint density at radius 2 is 2.11 bits per heavy atom.